The van der Waals surface area contributed by atoms with Crippen LogP contribution in [-0.4, -0.2) is 90.1 Å². The van der Waals surface area contributed by atoms with E-state index in [0.717, 1.165) is 32.0 Å². The summed E-state index contributed by atoms with van der Waals surface area (Å²) in [4.78, 5) is 23.4. The number of amides is 1. The monoisotopic (exact) mass is 439 g/mol. The third-order valence-electron chi connectivity index (χ3n) is 6.06. The van der Waals surface area contributed by atoms with Crippen LogP contribution >= 0.6 is 0 Å². The Morgan fingerprint density at radius 1 is 1.09 bits per heavy atom. The molecular formula is C24H33N5O3. The summed E-state index contributed by atoms with van der Waals surface area (Å²) in [6.07, 6.45) is 2.03. The van der Waals surface area contributed by atoms with E-state index in [-0.39, 0.29) is 5.91 Å². The Labute approximate surface area is 189 Å². The van der Waals surface area contributed by atoms with Crippen molar-refractivity contribution in [2.24, 2.45) is 4.99 Å². The maximum atomic E-state index is 12.5. The summed E-state index contributed by atoms with van der Waals surface area (Å²) in [5.41, 5.74) is 2.76. The van der Waals surface area contributed by atoms with Gasteiger partial charge in [-0.2, -0.15) is 0 Å². The van der Waals surface area contributed by atoms with Crippen LogP contribution in [0.25, 0.3) is 0 Å². The van der Waals surface area contributed by atoms with Gasteiger partial charge in [-0.15, -0.1) is 0 Å². The second kappa shape index (κ2) is 10.7. The van der Waals surface area contributed by atoms with Crippen LogP contribution in [-0.2, 0) is 13.0 Å². The van der Waals surface area contributed by atoms with Crippen LogP contribution in [0.15, 0.2) is 52.1 Å². The van der Waals surface area contributed by atoms with Crippen molar-refractivity contribution in [1.82, 2.24) is 20.0 Å². The van der Waals surface area contributed by atoms with E-state index in [1.165, 1.54) is 17.4 Å². The highest BCUT2D eigenvalue weighted by Gasteiger charge is 2.25. The van der Waals surface area contributed by atoms with Crippen molar-refractivity contribution in [3.05, 3.63) is 59.5 Å². The van der Waals surface area contributed by atoms with E-state index in [1.54, 1.807) is 12.1 Å². The van der Waals surface area contributed by atoms with Gasteiger partial charge in [0, 0.05) is 52.4 Å². The molecule has 8 nitrogen and oxygen atoms in total. The topological polar surface area (TPSA) is 84.6 Å². The van der Waals surface area contributed by atoms with Gasteiger partial charge in [0.25, 0.3) is 5.91 Å². The molecule has 1 fully saturated rings. The number of furan rings is 1. The minimum atomic E-state index is -0.518. The van der Waals surface area contributed by atoms with Crippen molar-refractivity contribution in [3.8, 4) is 0 Å². The van der Waals surface area contributed by atoms with Gasteiger partial charge in [-0.1, -0.05) is 24.3 Å². The number of rotatable bonds is 6. The Morgan fingerprint density at radius 2 is 1.84 bits per heavy atom. The number of fused-ring (bicyclic) bond motifs is 1. The number of guanidine groups is 1. The van der Waals surface area contributed by atoms with E-state index in [4.69, 9.17) is 9.41 Å². The minimum absolute atomic E-state index is 0.0740. The lowest BCUT2D eigenvalue weighted by Crippen LogP contribution is -2.54. The number of hydrogen-bond acceptors (Lipinski definition) is 5. The maximum absolute atomic E-state index is 12.5. The summed E-state index contributed by atoms with van der Waals surface area (Å²) >= 11 is 0. The van der Waals surface area contributed by atoms with Gasteiger partial charge in [0.2, 0.25) is 0 Å². The van der Waals surface area contributed by atoms with Crippen molar-refractivity contribution >= 4 is 11.9 Å². The van der Waals surface area contributed by atoms with E-state index in [2.05, 4.69) is 39.4 Å². The predicted octanol–water partition coefficient (Wildman–Crippen LogP) is 1.42. The molecule has 0 saturated carbocycles. The molecule has 3 heterocycles. The van der Waals surface area contributed by atoms with E-state index in [0.29, 0.717) is 45.0 Å². The Bertz CT molecular complexity index is 906. The number of aliphatic hydroxyl groups excluding tert-OH is 1. The predicted molar refractivity (Wildman–Crippen MR) is 124 cm³/mol. The molecule has 1 aromatic carbocycles. The van der Waals surface area contributed by atoms with Gasteiger partial charge in [0.15, 0.2) is 11.7 Å². The van der Waals surface area contributed by atoms with Gasteiger partial charge in [-0.3, -0.25) is 14.7 Å². The molecule has 1 atom stereocenters. The van der Waals surface area contributed by atoms with Crippen LogP contribution in [0, 0.1) is 0 Å². The molecule has 32 heavy (non-hydrogen) atoms. The van der Waals surface area contributed by atoms with Gasteiger partial charge in [0.1, 0.15) is 0 Å². The molecule has 1 saturated heterocycles. The Hall–Kier alpha value is -2.84. The van der Waals surface area contributed by atoms with E-state index in [1.807, 2.05) is 11.8 Å². The molecule has 2 aliphatic heterocycles. The first-order chi connectivity index (χ1) is 15.6. The van der Waals surface area contributed by atoms with E-state index < -0.39 is 6.10 Å². The fraction of sp³-hybridized carbons (Fsp3) is 0.500. The number of benzene rings is 1. The summed E-state index contributed by atoms with van der Waals surface area (Å²) in [6, 6.07) is 12.0. The van der Waals surface area contributed by atoms with Crippen LogP contribution in [0.4, 0.5) is 0 Å². The first kappa shape index (κ1) is 22.4. The minimum Gasteiger partial charge on any atom is -0.459 e. The Balaban J connectivity index is 1.28. The lowest BCUT2D eigenvalue weighted by Gasteiger charge is -2.36. The van der Waals surface area contributed by atoms with Gasteiger partial charge < -0.3 is 24.6 Å². The second-order valence-electron chi connectivity index (χ2n) is 8.36. The number of nitrogens with one attached hydrogen (secondary N) is 1. The zero-order valence-corrected chi connectivity index (χ0v) is 18.7. The third-order valence-corrected chi connectivity index (χ3v) is 6.06. The molecule has 0 aliphatic carbocycles. The molecule has 172 valence electrons. The molecule has 1 unspecified atom stereocenters. The van der Waals surface area contributed by atoms with Crippen LogP contribution in [0.3, 0.4) is 0 Å². The number of aliphatic imine (C=N–C) groups is 1. The first-order valence-electron chi connectivity index (χ1n) is 11.5. The average Bonchev–Trinajstić information content (AvgIpc) is 3.36. The van der Waals surface area contributed by atoms with Gasteiger partial charge in [-0.25, -0.2) is 0 Å². The van der Waals surface area contributed by atoms with Gasteiger partial charge in [-0.05, 0) is 36.6 Å². The number of piperazine rings is 1. The van der Waals surface area contributed by atoms with E-state index >= 15 is 0 Å². The largest absolute Gasteiger partial charge is 0.459 e. The number of carbonyl (C=O) groups excluding carboxylic acids is 1. The zero-order valence-electron chi connectivity index (χ0n) is 18.7. The molecule has 2 N–H and O–H groups in total. The SMILES string of the molecule is CCNC(=NCC(O)CN1CCc2ccccc2C1)N1CCN(C(=O)c2ccco2)CC1. The smallest absolute Gasteiger partial charge is 0.289 e. The van der Waals surface area contributed by atoms with Crippen molar-refractivity contribution in [3.63, 3.8) is 0 Å². The summed E-state index contributed by atoms with van der Waals surface area (Å²) in [6.45, 7) is 8.20. The van der Waals surface area contributed by atoms with Crippen molar-refractivity contribution in [2.45, 2.75) is 26.0 Å². The quantitative estimate of drug-likeness (QED) is 0.523. The van der Waals surface area contributed by atoms with Crippen LogP contribution in [0.5, 0.6) is 0 Å². The number of nitrogens with zero attached hydrogens (tertiary/aromatic N) is 4. The summed E-state index contributed by atoms with van der Waals surface area (Å²) in [7, 11) is 0. The van der Waals surface area contributed by atoms with Crippen molar-refractivity contribution in [2.75, 3.05) is 52.4 Å². The number of hydrogen-bond donors (Lipinski definition) is 2. The molecule has 0 radical (unpaired) electrons. The van der Waals surface area contributed by atoms with Crippen LogP contribution < -0.4 is 5.32 Å². The number of β-amino-alcohol motifs (C(OH)–C–C–N with tert-alkyl or cyclic N) is 1. The van der Waals surface area contributed by atoms with Crippen molar-refractivity contribution in [1.29, 1.82) is 0 Å². The average molecular weight is 440 g/mol. The highest BCUT2D eigenvalue weighted by molar-refractivity contribution is 5.91. The molecule has 8 heteroatoms. The molecule has 1 amide bonds. The molecule has 1 aromatic heterocycles. The van der Waals surface area contributed by atoms with Gasteiger partial charge in [0.05, 0.1) is 18.9 Å². The molecule has 0 bridgehead atoms. The van der Waals surface area contributed by atoms with Crippen LogP contribution in [0.2, 0.25) is 0 Å². The first-order valence-corrected chi connectivity index (χ1v) is 11.5. The highest BCUT2D eigenvalue weighted by atomic mass is 16.3. The summed E-state index contributed by atoms with van der Waals surface area (Å²) in [5.74, 6) is 1.10. The lowest BCUT2D eigenvalue weighted by molar-refractivity contribution is 0.0657. The van der Waals surface area contributed by atoms with Crippen LogP contribution in [0.1, 0.15) is 28.6 Å². The summed E-state index contributed by atoms with van der Waals surface area (Å²) in [5, 5.41) is 14.0. The summed E-state index contributed by atoms with van der Waals surface area (Å²) < 4.78 is 5.24. The maximum Gasteiger partial charge on any atom is 0.289 e. The van der Waals surface area contributed by atoms with Crippen molar-refractivity contribution < 1.29 is 14.3 Å². The standard InChI is InChI=1S/C24H33N5O3/c1-2-25-24(29-13-11-28(12-14-29)23(31)22-8-5-15-32-22)26-16-21(30)18-27-10-9-19-6-3-4-7-20(19)17-27/h3-8,15,21,30H,2,9-14,16-18H2,1H3,(H,25,26). The number of aliphatic hydroxyl groups is 1. The fourth-order valence-electron chi connectivity index (χ4n) is 4.36. The number of carbonyl (C=O) groups is 1. The zero-order chi connectivity index (χ0) is 22.3. The normalized spacial score (nSPS) is 18.4. The third kappa shape index (κ3) is 5.49. The fourth-order valence-corrected chi connectivity index (χ4v) is 4.36. The molecule has 0 spiro atoms. The highest BCUT2D eigenvalue weighted by Crippen LogP contribution is 2.18. The Kier molecular flexibility index (Phi) is 7.44. The molecule has 2 aromatic rings. The molecular weight excluding hydrogens is 406 g/mol. The van der Waals surface area contributed by atoms with E-state index in [9.17, 15) is 9.90 Å². The lowest BCUT2D eigenvalue weighted by atomic mass is 10.00. The Morgan fingerprint density at radius 3 is 2.56 bits per heavy atom. The molecule has 4 rings (SSSR count). The van der Waals surface area contributed by atoms with Gasteiger partial charge >= 0.3 is 0 Å². The second-order valence-corrected chi connectivity index (χ2v) is 8.36. The molecule has 2 aliphatic rings.